The summed E-state index contributed by atoms with van der Waals surface area (Å²) in [7, 11) is 4.86. The molecule has 0 aliphatic carbocycles. The number of hydrogen-bond donors (Lipinski definition) is 5. The minimum absolute atomic E-state index is 0.114. The number of nitrogens with zero attached hydrogens (tertiary/aromatic N) is 4. The van der Waals surface area contributed by atoms with Gasteiger partial charge >= 0.3 is 0 Å². The van der Waals surface area contributed by atoms with E-state index >= 15 is 0 Å². The first-order valence-corrected chi connectivity index (χ1v) is 24.5. The smallest absolute Gasteiger partial charge is 0.261 e. The average molecular weight is 906 g/mol. The predicted octanol–water partition coefficient (Wildman–Crippen LogP) is 8.12. The highest BCUT2D eigenvalue weighted by Gasteiger charge is 2.34. The topological polar surface area (TPSA) is 198 Å². The molecule has 360 valence electrons. The molecule has 3 aromatic heterocycles. The van der Waals surface area contributed by atoms with Crippen LogP contribution < -0.4 is 27.4 Å². The molecule has 0 fully saturated rings. The van der Waals surface area contributed by atoms with Gasteiger partial charge in [0.2, 0.25) is 11.8 Å². The molecular weight excluding hydrogens is 827 g/mol. The third-order valence-corrected chi connectivity index (χ3v) is 11.6. The average Bonchev–Trinajstić information content (AvgIpc) is 3.46. The Morgan fingerprint density at radius 1 is 0.636 bits per heavy atom. The molecule has 13 nitrogen and oxygen atoms in total. The van der Waals surface area contributed by atoms with Crippen LogP contribution in [0.2, 0.25) is 0 Å². The molecule has 0 spiro atoms. The number of rotatable bonds is 23. The predicted molar refractivity (Wildman–Crippen MR) is 267 cm³/mol. The summed E-state index contributed by atoms with van der Waals surface area (Å²) in [6, 6.07) is 19.9. The van der Waals surface area contributed by atoms with Crippen molar-refractivity contribution in [2.45, 2.75) is 142 Å². The van der Waals surface area contributed by atoms with E-state index in [0.29, 0.717) is 30.5 Å². The van der Waals surface area contributed by atoms with E-state index in [9.17, 15) is 19.2 Å². The second-order valence-corrected chi connectivity index (χ2v) is 16.7. The lowest BCUT2D eigenvalue weighted by molar-refractivity contribution is -0.121. The summed E-state index contributed by atoms with van der Waals surface area (Å²) in [5, 5.41) is 8.69. The quantitative estimate of drug-likeness (QED) is 0.0358. The maximum absolute atomic E-state index is 12.3. The van der Waals surface area contributed by atoms with Gasteiger partial charge in [0.1, 0.15) is 5.82 Å². The van der Waals surface area contributed by atoms with Crippen LogP contribution in [0.15, 0.2) is 73.1 Å². The van der Waals surface area contributed by atoms with Crippen LogP contribution in [-0.2, 0) is 48.1 Å². The van der Waals surface area contributed by atoms with Crippen LogP contribution in [0.1, 0.15) is 158 Å². The van der Waals surface area contributed by atoms with Crippen LogP contribution in [0.3, 0.4) is 0 Å². The summed E-state index contributed by atoms with van der Waals surface area (Å²) in [5.41, 5.74) is 18.3. The van der Waals surface area contributed by atoms with Crippen molar-refractivity contribution in [3.8, 4) is 0 Å². The molecule has 2 aliphatic heterocycles. The van der Waals surface area contributed by atoms with Crippen LogP contribution in [-0.4, -0.2) is 84.3 Å². The van der Waals surface area contributed by atoms with E-state index in [-0.39, 0.29) is 23.6 Å². The van der Waals surface area contributed by atoms with Gasteiger partial charge in [-0.15, -0.1) is 0 Å². The van der Waals surface area contributed by atoms with Crippen LogP contribution in [0, 0.1) is 0 Å². The van der Waals surface area contributed by atoms with Crippen molar-refractivity contribution < 1.29 is 19.2 Å². The molecule has 0 bridgehead atoms. The van der Waals surface area contributed by atoms with E-state index in [1.807, 2.05) is 12.4 Å². The van der Waals surface area contributed by atoms with Crippen molar-refractivity contribution in [2.75, 3.05) is 46.1 Å². The molecule has 0 saturated heterocycles. The minimum atomic E-state index is -0.163. The van der Waals surface area contributed by atoms with Gasteiger partial charge in [-0.3, -0.25) is 34.0 Å². The van der Waals surface area contributed by atoms with Crippen LogP contribution in [0.5, 0.6) is 0 Å². The molecule has 6 rings (SSSR count). The number of aromatic nitrogens is 3. The second-order valence-electron chi connectivity index (χ2n) is 16.7. The number of carbonyl (C=O) groups is 4. The van der Waals surface area contributed by atoms with E-state index in [1.54, 1.807) is 38.4 Å². The number of carbonyl (C=O) groups excluding carboxylic acids is 4. The minimum Gasteiger partial charge on any atom is -0.370 e. The number of nitrogens with one attached hydrogen (secondary N) is 3. The monoisotopic (exact) mass is 906 g/mol. The van der Waals surface area contributed by atoms with Gasteiger partial charge in [0, 0.05) is 69.5 Å². The molecule has 7 N–H and O–H groups in total. The molecule has 1 aromatic carbocycles. The molecule has 5 heterocycles. The Balaban J connectivity index is 0.000000263. The summed E-state index contributed by atoms with van der Waals surface area (Å²) >= 11 is 0. The van der Waals surface area contributed by atoms with Gasteiger partial charge in [0.05, 0.1) is 11.1 Å². The van der Waals surface area contributed by atoms with Crippen molar-refractivity contribution in [1.29, 1.82) is 0 Å². The Morgan fingerprint density at radius 2 is 1.15 bits per heavy atom. The highest BCUT2D eigenvalue weighted by Crippen LogP contribution is 2.23. The third kappa shape index (κ3) is 20.3. The molecule has 0 radical (unpaired) electrons. The Morgan fingerprint density at radius 3 is 1.67 bits per heavy atom. The Kier molecular flexibility index (Phi) is 27.4. The number of aryl methyl sites for hydroxylation is 6. The molecule has 0 atom stereocenters. The van der Waals surface area contributed by atoms with Crippen molar-refractivity contribution in [3.63, 3.8) is 0 Å². The SMILES string of the molecule is CCCCCc1ccc(CCCCN2C(=O)c3ccccc3C2=O)cn1.CN.CNC(=O)CCCCc1ccc(CCCCN)cn1.CNC(=O)CCCCc1ccc2c(n1)NCCCC2. The molecular formula is C53H79N9O4. The lowest BCUT2D eigenvalue weighted by Gasteiger charge is -2.13. The molecule has 0 saturated carbocycles. The van der Waals surface area contributed by atoms with Crippen molar-refractivity contribution in [3.05, 3.63) is 118 Å². The van der Waals surface area contributed by atoms with E-state index in [2.05, 4.69) is 75.0 Å². The third-order valence-electron chi connectivity index (χ3n) is 11.6. The van der Waals surface area contributed by atoms with Crippen molar-refractivity contribution >= 4 is 29.4 Å². The van der Waals surface area contributed by atoms with E-state index in [0.717, 1.165) is 126 Å². The fraction of sp³-hybridized carbons (Fsp3) is 0.528. The zero-order chi connectivity index (χ0) is 47.8. The highest BCUT2D eigenvalue weighted by molar-refractivity contribution is 6.21. The van der Waals surface area contributed by atoms with Gasteiger partial charge < -0.3 is 27.4 Å². The molecule has 13 heteroatoms. The number of unbranched alkanes of at least 4 members (excludes halogenated alkanes) is 6. The number of benzene rings is 1. The number of nitrogens with two attached hydrogens (primary N) is 2. The maximum Gasteiger partial charge on any atom is 0.261 e. The first kappa shape index (κ1) is 54.8. The fourth-order valence-corrected chi connectivity index (χ4v) is 7.68. The Hall–Kier alpha value is -5.53. The Labute approximate surface area is 395 Å². The highest BCUT2D eigenvalue weighted by atomic mass is 16.2. The Bertz CT molecular complexity index is 1970. The van der Waals surface area contributed by atoms with E-state index in [1.165, 1.54) is 60.7 Å². The lowest BCUT2D eigenvalue weighted by Crippen LogP contribution is -2.30. The summed E-state index contributed by atoms with van der Waals surface area (Å²) < 4.78 is 0. The first-order chi connectivity index (χ1) is 32.3. The number of anilines is 1. The summed E-state index contributed by atoms with van der Waals surface area (Å²) in [5.74, 6) is 0.980. The van der Waals surface area contributed by atoms with Gasteiger partial charge in [-0.25, -0.2) is 4.98 Å². The van der Waals surface area contributed by atoms with Crippen molar-refractivity contribution in [1.82, 2.24) is 30.5 Å². The molecule has 4 amide bonds. The van der Waals surface area contributed by atoms with Gasteiger partial charge in [-0.1, -0.05) is 50.1 Å². The van der Waals surface area contributed by atoms with Crippen LogP contribution in [0.25, 0.3) is 0 Å². The van der Waals surface area contributed by atoms with Crippen LogP contribution in [0.4, 0.5) is 5.82 Å². The van der Waals surface area contributed by atoms with Gasteiger partial charge in [-0.2, -0.15) is 0 Å². The van der Waals surface area contributed by atoms with E-state index < -0.39 is 0 Å². The van der Waals surface area contributed by atoms with Crippen LogP contribution >= 0.6 is 0 Å². The zero-order valence-corrected chi connectivity index (χ0v) is 40.5. The van der Waals surface area contributed by atoms with Gasteiger partial charge in [-0.05, 0) is 170 Å². The zero-order valence-electron chi connectivity index (χ0n) is 40.5. The molecule has 4 aromatic rings. The summed E-state index contributed by atoms with van der Waals surface area (Å²) in [4.78, 5) is 61.9. The number of imide groups is 1. The number of fused-ring (bicyclic) bond motifs is 2. The largest absolute Gasteiger partial charge is 0.370 e. The number of amides is 4. The van der Waals surface area contributed by atoms with E-state index in [4.69, 9.17) is 10.7 Å². The summed E-state index contributed by atoms with van der Waals surface area (Å²) in [6.45, 7) is 4.48. The normalized spacial score (nSPS) is 12.4. The summed E-state index contributed by atoms with van der Waals surface area (Å²) in [6.07, 6.45) is 25.1. The lowest BCUT2D eigenvalue weighted by atomic mass is 10.1. The molecule has 2 aliphatic rings. The van der Waals surface area contributed by atoms with Gasteiger partial charge in [0.25, 0.3) is 11.8 Å². The van der Waals surface area contributed by atoms with Crippen molar-refractivity contribution in [2.24, 2.45) is 11.5 Å². The molecule has 0 unspecified atom stereocenters. The first-order valence-electron chi connectivity index (χ1n) is 24.5. The van der Waals surface area contributed by atoms with Gasteiger partial charge in [0.15, 0.2) is 0 Å². The maximum atomic E-state index is 12.3. The number of pyridine rings is 3. The fourth-order valence-electron chi connectivity index (χ4n) is 7.68. The second kappa shape index (κ2) is 33.0. The number of hydrogen-bond acceptors (Lipinski definition) is 10. The molecule has 66 heavy (non-hydrogen) atoms. The standard InChI is InChI=1S/C22H26N2O2.C15H23N3O.C15H25N3O.CH5N/c1-2-3-4-10-18-14-13-17(16-23-18)9-7-8-15-24-21(25)19-11-5-6-12-20(19)22(24)26;1-16-14(19)8-3-2-7-13-10-9-12-6-4-5-11-17-15(12)18-13;1-17-15(19)8-3-2-7-14-10-9-13(12-18-14)6-4-5-11-16;1-2/h5-6,11-14,16H,2-4,7-10,15H2,1H3;9-10H,2-8,11H2,1H3,(H,16,19)(H,17,18);9-10,12H,2-8,11,16H2,1H3,(H,17,19);2H2,1H3.